The molecule has 0 saturated heterocycles. The summed E-state index contributed by atoms with van der Waals surface area (Å²) in [6, 6.07) is 22.1. The van der Waals surface area contributed by atoms with Crippen LogP contribution in [-0.2, 0) is 17.8 Å². The number of benzene rings is 2. The first-order valence-corrected chi connectivity index (χ1v) is 14.2. The Bertz CT molecular complexity index is 1260. The average Bonchev–Trinajstić information content (AvgIpc) is 2.98. The van der Waals surface area contributed by atoms with Gasteiger partial charge in [0, 0.05) is 44.2 Å². The van der Waals surface area contributed by atoms with Crippen LogP contribution in [0.2, 0.25) is 0 Å². The summed E-state index contributed by atoms with van der Waals surface area (Å²) in [7, 11) is 1.91. The molecule has 3 aromatic rings. The fourth-order valence-electron chi connectivity index (χ4n) is 5.79. The molecule has 1 aliphatic carbocycles. The van der Waals surface area contributed by atoms with E-state index in [0.29, 0.717) is 30.7 Å². The van der Waals surface area contributed by atoms with Crippen LogP contribution in [0.15, 0.2) is 77.9 Å². The number of carbonyl (C=O) groups is 1. The van der Waals surface area contributed by atoms with Gasteiger partial charge in [0.2, 0.25) is 11.8 Å². The third kappa shape index (κ3) is 6.96. The van der Waals surface area contributed by atoms with Crippen molar-refractivity contribution in [2.24, 2.45) is 16.6 Å². The van der Waals surface area contributed by atoms with Crippen LogP contribution in [0, 0.1) is 5.92 Å². The van der Waals surface area contributed by atoms with Crippen molar-refractivity contribution < 1.29 is 9.53 Å². The first-order valence-electron chi connectivity index (χ1n) is 14.2. The minimum Gasteiger partial charge on any atom is -0.439 e. The monoisotopic (exact) mass is 525 g/mol. The molecule has 1 atom stereocenters. The zero-order valence-electron chi connectivity index (χ0n) is 22.8. The maximum absolute atomic E-state index is 13.2. The summed E-state index contributed by atoms with van der Waals surface area (Å²) in [4.78, 5) is 26.4. The number of pyridine rings is 1. The number of nitrogens with zero attached hydrogens (tertiary/aromatic N) is 4. The van der Waals surface area contributed by atoms with Crippen LogP contribution in [-0.4, -0.2) is 46.3 Å². The van der Waals surface area contributed by atoms with Crippen molar-refractivity contribution in [2.75, 3.05) is 13.6 Å². The lowest BCUT2D eigenvalue weighted by atomic mass is 9.81. The number of para-hydroxylation sites is 1. The summed E-state index contributed by atoms with van der Waals surface area (Å²) in [5.41, 5.74) is 9.63. The van der Waals surface area contributed by atoms with Gasteiger partial charge in [0.25, 0.3) is 0 Å². The Morgan fingerprint density at radius 3 is 2.54 bits per heavy atom. The molecule has 1 aromatic heterocycles. The number of amides is 1. The van der Waals surface area contributed by atoms with Gasteiger partial charge in [-0.15, -0.1) is 0 Å². The molecule has 5 rings (SSSR count). The Morgan fingerprint density at radius 1 is 1.08 bits per heavy atom. The number of aromatic nitrogens is 1. The van der Waals surface area contributed by atoms with Crippen LogP contribution in [0.25, 0.3) is 0 Å². The van der Waals surface area contributed by atoms with Gasteiger partial charge in [0.05, 0.1) is 11.9 Å². The second-order valence-corrected chi connectivity index (χ2v) is 10.7. The second kappa shape index (κ2) is 12.8. The van der Waals surface area contributed by atoms with E-state index in [2.05, 4.69) is 22.0 Å². The van der Waals surface area contributed by atoms with Crippen molar-refractivity contribution in [3.63, 3.8) is 0 Å². The van der Waals surface area contributed by atoms with Gasteiger partial charge in [0.15, 0.2) is 5.96 Å². The highest BCUT2D eigenvalue weighted by atomic mass is 16.5. The summed E-state index contributed by atoms with van der Waals surface area (Å²) in [5, 5.41) is 0. The summed E-state index contributed by atoms with van der Waals surface area (Å²) < 4.78 is 5.98. The number of hydrogen-bond acceptors (Lipinski definition) is 6. The van der Waals surface area contributed by atoms with Crippen molar-refractivity contribution in [1.29, 1.82) is 0 Å². The molecule has 7 nitrogen and oxygen atoms in total. The highest BCUT2D eigenvalue weighted by molar-refractivity contribution is 5.84. The van der Waals surface area contributed by atoms with Gasteiger partial charge < -0.3 is 20.3 Å². The van der Waals surface area contributed by atoms with E-state index < -0.39 is 0 Å². The molecule has 0 radical (unpaired) electrons. The van der Waals surface area contributed by atoms with Crippen molar-refractivity contribution in [3.05, 3.63) is 84.1 Å². The Morgan fingerprint density at radius 2 is 1.79 bits per heavy atom. The van der Waals surface area contributed by atoms with Gasteiger partial charge in [-0.2, -0.15) is 0 Å². The van der Waals surface area contributed by atoms with E-state index in [9.17, 15) is 4.79 Å². The summed E-state index contributed by atoms with van der Waals surface area (Å²) in [6.07, 6.45) is 9.93. The predicted octanol–water partition coefficient (Wildman–Crippen LogP) is 6.07. The van der Waals surface area contributed by atoms with E-state index in [1.54, 1.807) is 6.20 Å². The molecule has 2 heterocycles. The standard InChI is InChI=1S/C32H39N5O2/c1-36(20-19-24-11-5-2-6-12-24)31(38)18-17-29(25-13-7-3-8-14-25)37-23-26-21-30(34-22-28(26)35-32(37)33)39-27-15-9-4-10-16-27/h2,4-6,9-12,15-16,21-22,25,29H,3,7-8,13-14,17-20,23H2,1H3,(H2,33,35)/t29-/m0/s1. The van der Waals surface area contributed by atoms with E-state index in [0.717, 1.165) is 49.2 Å². The highest BCUT2D eigenvalue weighted by Gasteiger charge is 2.33. The molecule has 39 heavy (non-hydrogen) atoms. The minimum atomic E-state index is 0.167. The van der Waals surface area contributed by atoms with Crippen LogP contribution >= 0.6 is 0 Å². The van der Waals surface area contributed by atoms with Crippen LogP contribution < -0.4 is 10.5 Å². The molecule has 204 valence electrons. The SMILES string of the molecule is CN(CCc1ccccc1)C(=O)CC[C@@H](C1CCCCC1)N1Cc2cc(Oc3ccccc3)ncc2N=C1N. The van der Waals surface area contributed by atoms with Gasteiger partial charge >= 0.3 is 0 Å². The number of rotatable bonds is 10. The van der Waals surface area contributed by atoms with Gasteiger partial charge in [-0.25, -0.2) is 9.98 Å². The number of likely N-dealkylation sites (N-methyl/N-ethyl adjacent to an activating group) is 1. The molecule has 7 heteroatoms. The minimum absolute atomic E-state index is 0.167. The highest BCUT2D eigenvalue weighted by Crippen LogP contribution is 2.36. The van der Waals surface area contributed by atoms with Crippen molar-refractivity contribution in [1.82, 2.24) is 14.8 Å². The predicted molar refractivity (Wildman–Crippen MR) is 155 cm³/mol. The summed E-state index contributed by atoms with van der Waals surface area (Å²) >= 11 is 0. The molecule has 0 unspecified atom stereocenters. The number of nitrogens with two attached hydrogens (primary N) is 1. The fraction of sp³-hybridized carbons (Fsp3) is 0.406. The molecule has 2 aliphatic rings. The maximum Gasteiger partial charge on any atom is 0.222 e. The van der Waals surface area contributed by atoms with Gasteiger partial charge in [-0.3, -0.25) is 4.79 Å². The molecule has 2 N–H and O–H groups in total. The molecule has 1 aliphatic heterocycles. The molecule has 1 saturated carbocycles. The van der Waals surface area contributed by atoms with Crippen molar-refractivity contribution in [2.45, 2.75) is 64.0 Å². The van der Waals surface area contributed by atoms with E-state index in [4.69, 9.17) is 15.5 Å². The number of carbonyl (C=O) groups excluding carboxylic acids is 1. The van der Waals surface area contributed by atoms with Crippen molar-refractivity contribution >= 4 is 17.6 Å². The Kier molecular flexibility index (Phi) is 8.76. The average molecular weight is 526 g/mol. The van der Waals surface area contributed by atoms with Crippen LogP contribution in [0.5, 0.6) is 11.6 Å². The number of fused-ring (bicyclic) bond motifs is 1. The molecule has 0 bridgehead atoms. The molecular formula is C32H39N5O2. The van der Waals surface area contributed by atoms with Crippen LogP contribution in [0.4, 0.5) is 5.69 Å². The van der Waals surface area contributed by atoms with E-state index in [1.807, 2.05) is 66.5 Å². The molecular weight excluding hydrogens is 486 g/mol. The van der Waals surface area contributed by atoms with E-state index in [-0.39, 0.29) is 11.9 Å². The summed E-state index contributed by atoms with van der Waals surface area (Å²) in [5.74, 6) is 2.48. The van der Waals surface area contributed by atoms with Gasteiger partial charge in [-0.05, 0) is 49.3 Å². The molecule has 0 spiro atoms. The Hall–Kier alpha value is -3.87. The first kappa shape index (κ1) is 26.7. The zero-order valence-corrected chi connectivity index (χ0v) is 22.8. The van der Waals surface area contributed by atoms with Crippen LogP contribution in [0.3, 0.4) is 0 Å². The smallest absolute Gasteiger partial charge is 0.222 e. The van der Waals surface area contributed by atoms with Gasteiger partial charge in [-0.1, -0.05) is 67.8 Å². The molecule has 1 amide bonds. The first-order chi connectivity index (χ1) is 19.1. The third-order valence-electron chi connectivity index (χ3n) is 8.03. The third-order valence-corrected chi connectivity index (χ3v) is 8.03. The maximum atomic E-state index is 13.2. The lowest BCUT2D eigenvalue weighted by Gasteiger charge is -2.41. The lowest BCUT2D eigenvalue weighted by Crippen LogP contribution is -2.49. The number of guanidine groups is 1. The number of ether oxygens (including phenoxy) is 1. The summed E-state index contributed by atoms with van der Waals surface area (Å²) in [6.45, 7) is 1.35. The molecule has 2 aromatic carbocycles. The topological polar surface area (TPSA) is 84.0 Å². The van der Waals surface area contributed by atoms with E-state index >= 15 is 0 Å². The lowest BCUT2D eigenvalue weighted by molar-refractivity contribution is -0.130. The second-order valence-electron chi connectivity index (χ2n) is 10.7. The van der Waals surface area contributed by atoms with Crippen LogP contribution in [0.1, 0.15) is 56.1 Å². The van der Waals surface area contributed by atoms with Gasteiger partial charge in [0.1, 0.15) is 5.75 Å². The zero-order chi connectivity index (χ0) is 27.0. The Labute approximate surface area is 231 Å². The normalized spacial score (nSPS) is 16.2. The quantitative estimate of drug-likeness (QED) is 0.348. The number of aliphatic imine (C=N–C) groups is 1. The molecule has 1 fully saturated rings. The van der Waals surface area contributed by atoms with Crippen molar-refractivity contribution in [3.8, 4) is 11.6 Å². The Balaban J connectivity index is 1.27. The largest absolute Gasteiger partial charge is 0.439 e. The van der Waals surface area contributed by atoms with E-state index in [1.165, 1.54) is 24.8 Å². The fourth-order valence-corrected chi connectivity index (χ4v) is 5.79. The number of hydrogen-bond donors (Lipinski definition) is 1.